The van der Waals surface area contributed by atoms with Crippen LogP contribution in [0.3, 0.4) is 0 Å². The van der Waals surface area contributed by atoms with E-state index in [1.54, 1.807) is 49.1 Å². The fourth-order valence-corrected chi connectivity index (χ4v) is 4.52. The molecule has 1 amide bonds. The molecule has 8 nitrogen and oxygen atoms in total. The molecular weight excluding hydrogens is 475 g/mol. The number of halogens is 2. The Morgan fingerprint density at radius 2 is 1.74 bits per heavy atom. The molecule has 0 aliphatic carbocycles. The smallest absolute Gasteiger partial charge is 0.267 e. The first-order valence-corrected chi connectivity index (χ1v) is 11.6. The number of carbonyl (C=O) groups excluding carboxylic acids is 1. The van der Waals surface area contributed by atoms with Crippen LogP contribution in [0.25, 0.3) is 11.3 Å². The van der Waals surface area contributed by atoms with E-state index in [9.17, 15) is 14.0 Å². The Balaban J connectivity index is 1.34. The van der Waals surface area contributed by atoms with E-state index in [0.717, 1.165) is 11.3 Å². The Kier molecular flexibility index (Phi) is 5.88. The number of aromatic nitrogens is 2. The van der Waals surface area contributed by atoms with Crippen molar-refractivity contribution in [3.63, 3.8) is 0 Å². The van der Waals surface area contributed by atoms with Crippen LogP contribution in [0.5, 0.6) is 11.5 Å². The minimum absolute atomic E-state index is 0.0648. The summed E-state index contributed by atoms with van der Waals surface area (Å²) in [6.45, 7) is 5.57. The number of nitrogens with zero attached hydrogens (tertiary/aromatic N) is 4. The zero-order valence-corrected chi connectivity index (χ0v) is 20.1. The quantitative estimate of drug-likeness (QED) is 0.548. The van der Waals surface area contributed by atoms with Crippen molar-refractivity contribution < 1.29 is 18.7 Å². The van der Waals surface area contributed by atoms with Crippen molar-refractivity contribution in [1.82, 2.24) is 14.7 Å². The Hall–Kier alpha value is -3.59. The van der Waals surface area contributed by atoms with Gasteiger partial charge in [-0.15, -0.1) is 0 Å². The SMILES string of the molecule is CC(C)(C(=O)N1CCN(c2ccc(F)c(Cl)c2)CC1)n1nc(-c2ccc3c(c2)OCO3)ccc1=O. The number of benzene rings is 2. The third-order valence-corrected chi connectivity index (χ3v) is 6.65. The summed E-state index contributed by atoms with van der Waals surface area (Å²) in [5.41, 5.74) is 0.522. The van der Waals surface area contributed by atoms with Crippen molar-refractivity contribution in [1.29, 1.82) is 0 Å². The number of anilines is 1. The Morgan fingerprint density at radius 1 is 1.00 bits per heavy atom. The number of carbonyl (C=O) groups is 1. The molecule has 2 aliphatic heterocycles. The minimum atomic E-state index is -1.20. The van der Waals surface area contributed by atoms with E-state index in [4.69, 9.17) is 21.1 Å². The molecule has 0 unspecified atom stereocenters. The van der Waals surface area contributed by atoms with Gasteiger partial charge in [0.2, 0.25) is 12.7 Å². The molecule has 1 saturated heterocycles. The molecular formula is C25H24ClFN4O4. The highest BCUT2D eigenvalue weighted by Crippen LogP contribution is 2.35. The number of amides is 1. The van der Waals surface area contributed by atoms with Gasteiger partial charge in [-0.1, -0.05) is 11.6 Å². The highest BCUT2D eigenvalue weighted by atomic mass is 35.5. The highest BCUT2D eigenvalue weighted by Gasteiger charge is 2.37. The molecule has 0 N–H and O–H groups in total. The molecule has 3 aromatic rings. The molecule has 5 rings (SSSR count). The van der Waals surface area contributed by atoms with Crippen LogP contribution in [0.2, 0.25) is 5.02 Å². The van der Waals surface area contributed by atoms with Crippen molar-refractivity contribution in [3.05, 3.63) is 69.7 Å². The Morgan fingerprint density at radius 3 is 2.49 bits per heavy atom. The van der Waals surface area contributed by atoms with E-state index in [2.05, 4.69) is 5.10 Å². The fraction of sp³-hybridized carbons (Fsp3) is 0.320. The maximum Gasteiger partial charge on any atom is 0.267 e. The summed E-state index contributed by atoms with van der Waals surface area (Å²) in [6, 6.07) is 13.1. The van der Waals surface area contributed by atoms with Gasteiger partial charge < -0.3 is 19.3 Å². The van der Waals surface area contributed by atoms with Crippen molar-refractivity contribution >= 4 is 23.2 Å². The van der Waals surface area contributed by atoms with Crippen LogP contribution in [0, 0.1) is 5.82 Å². The largest absolute Gasteiger partial charge is 0.454 e. The Labute approximate surface area is 206 Å². The van der Waals surface area contributed by atoms with Crippen LogP contribution >= 0.6 is 11.6 Å². The zero-order valence-electron chi connectivity index (χ0n) is 19.3. The summed E-state index contributed by atoms with van der Waals surface area (Å²) in [7, 11) is 0. The normalized spacial score (nSPS) is 15.4. The van der Waals surface area contributed by atoms with Gasteiger partial charge in [0.05, 0.1) is 10.7 Å². The number of hydrogen-bond acceptors (Lipinski definition) is 6. The van der Waals surface area contributed by atoms with E-state index in [1.807, 2.05) is 11.0 Å². The van der Waals surface area contributed by atoms with Crippen LogP contribution in [0.15, 0.2) is 53.3 Å². The van der Waals surface area contributed by atoms with Crippen LogP contribution in [-0.4, -0.2) is 53.6 Å². The molecule has 0 bridgehead atoms. The predicted molar refractivity (Wildman–Crippen MR) is 130 cm³/mol. The molecule has 3 heterocycles. The summed E-state index contributed by atoms with van der Waals surface area (Å²) in [5, 5.41) is 4.60. The van der Waals surface area contributed by atoms with Crippen molar-refractivity contribution in [2.45, 2.75) is 19.4 Å². The standard InChI is InChI=1S/C25H24ClFN4O4/c1-25(2,24(33)30-11-9-29(10-12-30)17-4-5-19(27)18(26)14-17)31-23(32)8-6-20(28-31)16-3-7-21-22(13-16)35-15-34-21/h3-8,13-14H,9-12,15H2,1-2H3. The molecule has 0 atom stereocenters. The molecule has 1 fully saturated rings. The second-order valence-corrected chi connectivity index (χ2v) is 9.38. The first kappa shape index (κ1) is 23.2. The van der Waals surface area contributed by atoms with Crippen LogP contribution in [0.1, 0.15) is 13.8 Å². The van der Waals surface area contributed by atoms with Crippen LogP contribution < -0.4 is 19.9 Å². The topological polar surface area (TPSA) is 76.9 Å². The van der Waals surface area contributed by atoms with Gasteiger partial charge in [0.15, 0.2) is 11.5 Å². The van der Waals surface area contributed by atoms with Crippen molar-refractivity contribution in [3.8, 4) is 22.8 Å². The summed E-state index contributed by atoms with van der Waals surface area (Å²) in [6.07, 6.45) is 0. The van der Waals surface area contributed by atoms with Crippen molar-refractivity contribution in [2.24, 2.45) is 0 Å². The molecule has 1 aromatic heterocycles. The lowest BCUT2D eigenvalue weighted by Gasteiger charge is -2.39. The second-order valence-electron chi connectivity index (χ2n) is 8.97. The molecule has 35 heavy (non-hydrogen) atoms. The van der Waals surface area contributed by atoms with Gasteiger partial charge in [-0.25, -0.2) is 9.07 Å². The number of hydrogen-bond donors (Lipinski definition) is 0. The third kappa shape index (κ3) is 4.32. The van der Waals surface area contributed by atoms with Gasteiger partial charge in [-0.3, -0.25) is 9.59 Å². The summed E-state index contributed by atoms with van der Waals surface area (Å²) in [4.78, 5) is 30.0. The molecule has 182 valence electrons. The molecule has 0 radical (unpaired) electrons. The van der Waals surface area contributed by atoms with Gasteiger partial charge in [0.1, 0.15) is 11.4 Å². The molecule has 2 aliphatic rings. The van der Waals surface area contributed by atoms with E-state index < -0.39 is 11.4 Å². The summed E-state index contributed by atoms with van der Waals surface area (Å²) in [5.74, 6) is 0.593. The monoisotopic (exact) mass is 498 g/mol. The van der Waals surface area contributed by atoms with E-state index in [1.165, 1.54) is 16.8 Å². The lowest BCUT2D eigenvalue weighted by atomic mass is 10.0. The average molecular weight is 499 g/mol. The first-order valence-electron chi connectivity index (χ1n) is 11.2. The van der Waals surface area contributed by atoms with Gasteiger partial charge in [-0.05, 0) is 56.3 Å². The minimum Gasteiger partial charge on any atom is -0.454 e. The summed E-state index contributed by atoms with van der Waals surface area (Å²) >= 11 is 5.92. The maximum atomic E-state index is 13.5. The van der Waals surface area contributed by atoms with Crippen LogP contribution in [-0.2, 0) is 10.3 Å². The van der Waals surface area contributed by atoms with Gasteiger partial charge >= 0.3 is 0 Å². The zero-order chi connectivity index (χ0) is 24.7. The second kappa shape index (κ2) is 8.88. The van der Waals surface area contributed by atoms with E-state index in [0.29, 0.717) is 43.4 Å². The average Bonchev–Trinajstić information content (AvgIpc) is 3.33. The Bertz CT molecular complexity index is 1350. The molecule has 0 saturated carbocycles. The highest BCUT2D eigenvalue weighted by molar-refractivity contribution is 6.31. The molecule has 2 aromatic carbocycles. The number of piperazine rings is 1. The van der Waals surface area contributed by atoms with Crippen molar-refractivity contribution in [2.75, 3.05) is 37.9 Å². The van der Waals surface area contributed by atoms with E-state index >= 15 is 0 Å². The molecule has 10 heteroatoms. The number of fused-ring (bicyclic) bond motifs is 1. The van der Waals surface area contributed by atoms with Gasteiger partial charge in [0, 0.05) is 43.5 Å². The lowest BCUT2D eigenvalue weighted by molar-refractivity contribution is -0.140. The fourth-order valence-electron chi connectivity index (χ4n) is 4.35. The summed E-state index contributed by atoms with van der Waals surface area (Å²) < 4.78 is 25.5. The number of ether oxygens (including phenoxy) is 2. The lowest BCUT2D eigenvalue weighted by Crippen LogP contribution is -2.56. The van der Waals surface area contributed by atoms with Gasteiger partial charge in [-0.2, -0.15) is 5.10 Å². The third-order valence-electron chi connectivity index (χ3n) is 6.36. The predicted octanol–water partition coefficient (Wildman–Crippen LogP) is 3.52. The number of rotatable bonds is 4. The first-order chi connectivity index (χ1) is 16.7. The van der Waals surface area contributed by atoms with Crippen LogP contribution in [0.4, 0.5) is 10.1 Å². The van der Waals surface area contributed by atoms with E-state index in [-0.39, 0.29) is 23.3 Å². The van der Waals surface area contributed by atoms with Gasteiger partial charge in [0.25, 0.3) is 5.56 Å². The molecule has 0 spiro atoms. The maximum absolute atomic E-state index is 13.5.